The third-order valence-corrected chi connectivity index (χ3v) is 9.14. The number of fused-ring (bicyclic) bond motifs is 3. The number of nitrogens with one attached hydrogen (secondary N) is 2. The molecule has 2 atom stereocenters. The number of hydrogen-bond donors (Lipinski definition) is 4. The number of rotatable bonds is 6. The van der Waals surface area contributed by atoms with Gasteiger partial charge in [0.1, 0.15) is 10.6 Å². The van der Waals surface area contributed by atoms with Gasteiger partial charge in [-0.25, -0.2) is 21.9 Å². The highest BCUT2D eigenvalue weighted by Crippen LogP contribution is 2.47. The first-order valence-corrected chi connectivity index (χ1v) is 13.0. The molecule has 8 nitrogen and oxygen atoms in total. The molecule has 1 aliphatic heterocycles. The molecular weight excluding hydrogens is 480 g/mol. The minimum Gasteiger partial charge on any atom is -0.393 e. The Morgan fingerprint density at radius 2 is 1.89 bits per heavy atom. The Morgan fingerprint density at radius 1 is 1.20 bits per heavy atom. The van der Waals surface area contributed by atoms with Crippen LogP contribution >= 0.6 is 0 Å². The van der Waals surface area contributed by atoms with Gasteiger partial charge in [0, 0.05) is 29.9 Å². The lowest BCUT2D eigenvalue weighted by molar-refractivity contribution is -0.0672. The number of aliphatic hydroxyl groups excluding tert-OH is 1. The molecule has 3 aliphatic rings. The molecule has 0 saturated heterocycles. The zero-order valence-corrected chi connectivity index (χ0v) is 19.9. The molecule has 5 rings (SSSR count). The van der Waals surface area contributed by atoms with Crippen LogP contribution < -0.4 is 10.0 Å². The van der Waals surface area contributed by atoms with Crippen molar-refractivity contribution in [2.24, 2.45) is 11.8 Å². The Balaban J connectivity index is 1.45. The van der Waals surface area contributed by atoms with Gasteiger partial charge in [0.05, 0.1) is 17.9 Å². The topological polar surface area (TPSA) is 121 Å². The normalized spacial score (nSPS) is 27.3. The second-order valence-corrected chi connectivity index (χ2v) is 11.5. The first kappa shape index (κ1) is 24.1. The number of nitrogens with zero attached hydrogens (tertiary/aromatic N) is 1. The molecule has 35 heavy (non-hydrogen) atoms. The number of allylic oxidation sites excluding steroid dienone is 1. The first-order chi connectivity index (χ1) is 16.5. The maximum atomic E-state index is 13.6. The van der Waals surface area contributed by atoms with Gasteiger partial charge in [-0.05, 0) is 62.7 Å². The van der Waals surface area contributed by atoms with Gasteiger partial charge in [-0.2, -0.15) is 0 Å². The summed E-state index contributed by atoms with van der Waals surface area (Å²) in [6.45, 7) is 1.49. The third-order valence-electron chi connectivity index (χ3n) is 7.51. The van der Waals surface area contributed by atoms with Gasteiger partial charge in [0.25, 0.3) is 5.91 Å². The van der Waals surface area contributed by atoms with Crippen molar-refractivity contribution >= 4 is 27.7 Å². The summed E-state index contributed by atoms with van der Waals surface area (Å²) in [5.74, 6) is -2.97. The second-order valence-electron chi connectivity index (χ2n) is 9.82. The van der Waals surface area contributed by atoms with E-state index in [0.29, 0.717) is 25.1 Å². The Hall–Kier alpha value is -2.60. The van der Waals surface area contributed by atoms with E-state index >= 15 is 0 Å². The van der Waals surface area contributed by atoms with E-state index in [9.17, 15) is 32.2 Å². The number of aliphatic hydroxyl groups is 2. The molecule has 2 fully saturated rings. The summed E-state index contributed by atoms with van der Waals surface area (Å²) in [5, 5.41) is 22.6. The monoisotopic (exact) mass is 507 g/mol. The molecule has 1 aromatic heterocycles. The highest BCUT2D eigenvalue weighted by Gasteiger charge is 2.50. The fraction of sp³-hybridized carbons (Fsp3) is 0.458. The van der Waals surface area contributed by atoms with E-state index in [1.165, 1.54) is 6.07 Å². The Kier molecular flexibility index (Phi) is 5.86. The number of carbonyl (C=O) groups is 1. The number of amides is 1. The van der Waals surface area contributed by atoms with Crippen molar-refractivity contribution in [1.29, 1.82) is 0 Å². The first-order valence-electron chi connectivity index (χ1n) is 11.5. The van der Waals surface area contributed by atoms with Gasteiger partial charge in [0.15, 0.2) is 11.6 Å². The van der Waals surface area contributed by atoms with Crippen LogP contribution in [0.3, 0.4) is 0 Å². The fourth-order valence-electron chi connectivity index (χ4n) is 6.02. The van der Waals surface area contributed by atoms with Crippen LogP contribution in [0.1, 0.15) is 47.4 Å². The minimum absolute atomic E-state index is 0.00378. The zero-order valence-electron chi connectivity index (χ0n) is 19.1. The maximum absolute atomic E-state index is 13.6. The molecule has 2 aromatic rings. The van der Waals surface area contributed by atoms with Crippen molar-refractivity contribution in [3.8, 4) is 0 Å². The standard InChI is InChI=1S/C24H27F2N3O5S/c1-13-21(23(31)27-16-6-7-17(25)18(26)9-16)29-8-2-3-19(29)22(13)35(33,34)28-20-14-4-5-15(20)11-24(32,10-14)12-30/h2-3,6-7,9,14-15,20,28,30,32H,4-5,8,10-12H2,1H3,(H,27,31). The summed E-state index contributed by atoms with van der Waals surface area (Å²) in [5.41, 5.74) is -0.383. The number of aromatic nitrogens is 1. The minimum atomic E-state index is -4.04. The van der Waals surface area contributed by atoms with E-state index in [2.05, 4.69) is 10.0 Å². The van der Waals surface area contributed by atoms with Gasteiger partial charge in [-0.1, -0.05) is 6.08 Å². The molecule has 2 bridgehead atoms. The van der Waals surface area contributed by atoms with E-state index < -0.39 is 33.2 Å². The Morgan fingerprint density at radius 3 is 2.51 bits per heavy atom. The zero-order chi connectivity index (χ0) is 25.1. The molecule has 2 unspecified atom stereocenters. The number of anilines is 1. The number of halogens is 2. The number of benzene rings is 1. The molecule has 1 amide bonds. The fourth-order valence-corrected chi connectivity index (χ4v) is 7.83. The molecular formula is C24H27F2N3O5S. The summed E-state index contributed by atoms with van der Waals surface area (Å²) in [7, 11) is -4.04. The molecule has 2 aliphatic carbocycles. The maximum Gasteiger partial charge on any atom is 0.272 e. The van der Waals surface area contributed by atoms with E-state index in [0.717, 1.165) is 25.0 Å². The second kappa shape index (κ2) is 8.51. The molecule has 0 radical (unpaired) electrons. The average molecular weight is 508 g/mol. The predicted molar refractivity (Wildman–Crippen MR) is 124 cm³/mol. The van der Waals surface area contributed by atoms with Crippen molar-refractivity contribution in [3.05, 3.63) is 52.9 Å². The van der Waals surface area contributed by atoms with Crippen molar-refractivity contribution < 1.29 is 32.2 Å². The van der Waals surface area contributed by atoms with Crippen molar-refractivity contribution in [2.75, 3.05) is 11.9 Å². The van der Waals surface area contributed by atoms with Crippen molar-refractivity contribution in [2.45, 2.75) is 55.7 Å². The van der Waals surface area contributed by atoms with Crippen LogP contribution in [0, 0.1) is 30.4 Å². The summed E-state index contributed by atoms with van der Waals surface area (Å²) >= 11 is 0. The van der Waals surface area contributed by atoms with Gasteiger partial charge in [-0.15, -0.1) is 0 Å². The van der Waals surface area contributed by atoms with E-state index in [1.807, 2.05) is 0 Å². The van der Waals surface area contributed by atoms with Gasteiger partial charge < -0.3 is 20.1 Å². The quantitative estimate of drug-likeness (QED) is 0.479. The summed E-state index contributed by atoms with van der Waals surface area (Å²) in [4.78, 5) is 13.1. The lowest BCUT2D eigenvalue weighted by Crippen LogP contribution is -2.51. The van der Waals surface area contributed by atoms with Gasteiger partial charge in [-0.3, -0.25) is 4.79 Å². The SMILES string of the molecule is Cc1c(S(=O)(=O)NC2C3CCC2CC(O)(CO)C3)c2n(c1C(=O)Nc1ccc(F)c(F)c1)CC=C2. The number of carbonyl (C=O) groups excluding carboxylic acids is 1. The molecule has 1 aromatic carbocycles. The summed E-state index contributed by atoms with van der Waals surface area (Å²) in [6.07, 6.45) is 5.55. The molecule has 11 heteroatoms. The van der Waals surface area contributed by atoms with Crippen LogP contribution in [-0.2, 0) is 16.6 Å². The molecule has 4 N–H and O–H groups in total. The third kappa shape index (κ3) is 4.10. The highest BCUT2D eigenvalue weighted by molar-refractivity contribution is 7.89. The average Bonchev–Trinajstić information content (AvgIpc) is 3.41. The van der Waals surface area contributed by atoms with Crippen LogP contribution in [0.15, 0.2) is 29.2 Å². The number of sulfonamides is 1. The van der Waals surface area contributed by atoms with Gasteiger partial charge in [0.2, 0.25) is 10.0 Å². The smallest absolute Gasteiger partial charge is 0.272 e. The van der Waals surface area contributed by atoms with Crippen molar-refractivity contribution in [1.82, 2.24) is 9.29 Å². The Bertz CT molecular complexity index is 1320. The van der Waals surface area contributed by atoms with E-state index in [1.54, 1.807) is 23.6 Å². The molecule has 0 spiro atoms. The van der Waals surface area contributed by atoms with E-state index in [-0.39, 0.29) is 46.3 Å². The molecule has 188 valence electrons. The van der Waals surface area contributed by atoms with Crippen LogP contribution in [0.2, 0.25) is 0 Å². The molecule has 2 saturated carbocycles. The van der Waals surface area contributed by atoms with Crippen molar-refractivity contribution in [3.63, 3.8) is 0 Å². The van der Waals surface area contributed by atoms with Crippen LogP contribution in [0.25, 0.3) is 6.08 Å². The lowest BCUT2D eigenvalue weighted by Gasteiger charge is -2.40. The number of hydrogen-bond acceptors (Lipinski definition) is 5. The van der Waals surface area contributed by atoms with E-state index in [4.69, 9.17) is 0 Å². The summed E-state index contributed by atoms with van der Waals surface area (Å²) < 4.78 is 58.5. The van der Waals surface area contributed by atoms with Crippen LogP contribution in [-0.4, -0.2) is 47.4 Å². The van der Waals surface area contributed by atoms with Crippen LogP contribution in [0.4, 0.5) is 14.5 Å². The predicted octanol–water partition coefficient (Wildman–Crippen LogP) is 2.54. The molecule has 2 heterocycles. The van der Waals surface area contributed by atoms with Crippen LogP contribution in [0.5, 0.6) is 0 Å². The summed E-state index contributed by atoms with van der Waals surface area (Å²) in [6, 6.07) is 2.62. The van der Waals surface area contributed by atoms with Gasteiger partial charge >= 0.3 is 0 Å². The highest BCUT2D eigenvalue weighted by atomic mass is 32.2. The largest absolute Gasteiger partial charge is 0.393 e. The lowest BCUT2D eigenvalue weighted by atomic mass is 9.75. The Labute approximate surface area is 201 Å².